The predicted octanol–water partition coefficient (Wildman–Crippen LogP) is 2.07. The Morgan fingerprint density at radius 3 is 2.67 bits per heavy atom. The first-order valence-electron chi connectivity index (χ1n) is 4.83. The largest absolute Gasteiger partial charge is 0.464 e. The lowest BCUT2D eigenvalue weighted by atomic mass is 10.1. The van der Waals surface area contributed by atoms with Crippen LogP contribution in [0.4, 0.5) is 0 Å². The number of nitrogens with one attached hydrogen (secondary N) is 1. The Kier molecular flexibility index (Phi) is 3.68. The zero-order valence-corrected chi connectivity index (χ0v) is 10.3. The van der Waals surface area contributed by atoms with Crippen LogP contribution < -0.4 is 0 Å². The fourth-order valence-electron chi connectivity index (χ4n) is 1.45. The minimum atomic E-state index is -0.364. The van der Waals surface area contributed by atoms with Gasteiger partial charge in [-0.3, -0.25) is 0 Å². The van der Waals surface area contributed by atoms with E-state index in [1.54, 1.807) is 0 Å². The van der Waals surface area contributed by atoms with Crippen LogP contribution in [-0.4, -0.2) is 22.6 Å². The number of carbonyl (C=O) groups excluding carboxylic acids is 1. The molecule has 1 heterocycles. The van der Waals surface area contributed by atoms with Gasteiger partial charge in [0, 0.05) is 7.05 Å². The number of H-pyrrole nitrogens is 1. The monoisotopic (exact) mass is 228 g/mol. The van der Waals surface area contributed by atoms with E-state index < -0.39 is 0 Å². The molecule has 0 aromatic carbocycles. The summed E-state index contributed by atoms with van der Waals surface area (Å²) in [6, 6.07) is 0. The van der Waals surface area contributed by atoms with Gasteiger partial charge in [0.15, 0.2) is 4.77 Å². The Morgan fingerprint density at radius 2 is 2.20 bits per heavy atom. The molecule has 84 valence electrons. The standard InChI is InChI=1S/C10H16N2O2S/c1-6(2)5-7-8(9(13)14-4)11-10(15)12(7)3/h6H,5H2,1-4H3,(H,11,15). The number of carbonyl (C=O) groups is 1. The fraction of sp³-hybridized carbons (Fsp3) is 0.600. The van der Waals surface area contributed by atoms with Crippen LogP contribution in [0, 0.1) is 10.7 Å². The van der Waals surface area contributed by atoms with Crippen LogP contribution >= 0.6 is 12.2 Å². The maximum absolute atomic E-state index is 11.5. The summed E-state index contributed by atoms with van der Waals surface area (Å²) in [7, 11) is 3.22. The van der Waals surface area contributed by atoms with Crippen LogP contribution in [0.3, 0.4) is 0 Å². The van der Waals surface area contributed by atoms with Crippen molar-refractivity contribution in [3.63, 3.8) is 0 Å². The van der Waals surface area contributed by atoms with E-state index in [-0.39, 0.29) is 5.97 Å². The predicted molar refractivity (Wildman–Crippen MR) is 60.5 cm³/mol. The van der Waals surface area contributed by atoms with Gasteiger partial charge in [0.2, 0.25) is 0 Å². The Hall–Kier alpha value is -1.10. The summed E-state index contributed by atoms with van der Waals surface area (Å²) in [5, 5.41) is 0. The molecule has 0 aliphatic heterocycles. The van der Waals surface area contributed by atoms with Gasteiger partial charge in [0.05, 0.1) is 12.8 Å². The first-order chi connectivity index (χ1) is 6.97. The molecule has 0 spiro atoms. The molecule has 0 saturated heterocycles. The Balaban J connectivity index is 3.21. The average molecular weight is 228 g/mol. The SMILES string of the molecule is COC(=O)c1[nH]c(=S)n(C)c1CC(C)C. The summed E-state index contributed by atoms with van der Waals surface area (Å²) in [6.45, 7) is 4.19. The van der Waals surface area contributed by atoms with Crippen LogP contribution in [0.25, 0.3) is 0 Å². The van der Waals surface area contributed by atoms with Gasteiger partial charge in [0.1, 0.15) is 5.69 Å². The van der Waals surface area contributed by atoms with E-state index in [0.717, 1.165) is 12.1 Å². The third-order valence-corrected chi connectivity index (χ3v) is 2.60. The van der Waals surface area contributed by atoms with Crippen molar-refractivity contribution in [1.82, 2.24) is 9.55 Å². The molecule has 1 aromatic heterocycles. The highest BCUT2D eigenvalue weighted by Crippen LogP contribution is 2.14. The molecule has 0 radical (unpaired) electrons. The molecule has 0 amide bonds. The highest BCUT2D eigenvalue weighted by atomic mass is 32.1. The van der Waals surface area contributed by atoms with Crippen molar-refractivity contribution in [3.05, 3.63) is 16.2 Å². The number of esters is 1. The highest BCUT2D eigenvalue weighted by Gasteiger charge is 2.17. The van der Waals surface area contributed by atoms with E-state index in [9.17, 15) is 4.79 Å². The van der Waals surface area contributed by atoms with Gasteiger partial charge >= 0.3 is 5.97 Å². The maximum atomic E-state index is 11.5. The van der Waals surface area contributed by atoms with E-state index in [1.807, 2.05) is 11.6 Å². The number of imidazole rings is 1. The van der Waals surface area contributed by atoms with Gasteiger partial charge in [-0.2, -0.15) is 0 Å². The van der Waals surface area contributed by atoms with Crippen LogP contribution in [0.1, 0.15) is 30.0 Å². The summed E-state index contributed by atoms with van der Waals surface area (Å²) in [5.41, 5.74) is 1.38. The second kappa shape index (κ2) is 4.61. The first-order valence-corrected chi connectivity index (χ1v) is 5.24. The molecular formula is C10H16N2O2S. The van der Waals surface area contributed by atoms with E-state index in [1.165, 1.54) is 7.11 Å². The third-order valence-electron chi connectivity index (χ3n) is 2.22. The molecule has 0 bridgehead atoms. The van der Waals surface area contributed by atoms with Gasteiger partial charge in [-0.05, 0) is 24.6 Å². The Morgan fingerprint density at radius 1 is 1.60 bits per heavy atom. The van der Waals surface area contributed by atoms with E-state index in [2.05, 4.69) is 18.8 Å². The summed E-state index contributed by atoms with van der Waals surface area (Å²) >= 11 is 5.08. The Bertz CT molecular complexity index is 418. The van der Waals surface area contributed by atoms with Gasteiger partial charge in [-0.25, -0.2) is 4.79 Å². The smallest absolute Gasteiger partial charge is 0.356 e. The number of rotatable bonds is 3. The number of hydrogen-bond donors (Lipinski definition) is 1. The molecule has 0 aliphatic rings. The molecule has 4 nitrogen and oxygen atoms in total. The number of aromatic nitrogens is 2. The molecule has 1 aromatic rings. The second-order valence-corrected chi connectivity index (χ2v) is 4.29. The number of methoxy groups -OCH3 is 1. The number of ether oxygens (including phenoxy) is 1. The molecular weight excluding hydrogens is 212 g/mol. The van der Waals surface area contributed by atoms with E-state index in [0.29, 0.717) is 16.4 Å². The Labute approximate surface area is 94.3 Å². The average Bonchev–Trinajstić information content (AvgIpc) is 2.44. The zero-order chi connectivity index (χ0) is 11.6. The quantitative estimate of drug-likeness (QED) is 0.636. The van der Waals surface area contributed by atoms with Crippen molar-refractivity contribution in [2.45, 2.75) is 20.3 Å². The number of nitrogens with zero attached hydrogens (tertiary/aromatic N) is 1. The molecule has 5 heteroatoms. The number of aromatic amines is 1. The third kappa shape index (κ3) is 2.47. The lowest BCUT2D eigenvalue weighted by Gasteiger charge is -2.07. The van der Waals surface area contributed by atoms with Crippen molar-refractivity contribution in [1.29, 1.82) is 0 Å². The van der Waals surface area contributed by atoms with Gasteiger partial charge < -0.3 is 14.3 Å². The lowest BCUT2D eigenvalue weighted by molar-refractivity contribution is 0.0593. The summed E-state index contributed by atoms with van der Waals surface area (Å²) in [5.74, 6) is 0.0992. The first kappa shape index (κ1) is 12.0. The zero-order valence-electron chi connectivity index (χ0n) is 9.46. The normalized spacial score (nSPS) is 10.7. The molecule has 0 aliphatic carbocycles. The minimum Gasteiger partial charge on any atom is -0.464 e. The van der Waals surface area contributed by atoms with Crippen LogP contribution in [0.2, 0.25) is 0 Å². The molecule has 1 rings (SSSR count). The molecule has 0 fully saturated rings. The fourth-order valence-corrected chi connectivity index (χ4v) is 1.66. The summed E-state index contributed by atoms with van der Waals surface area (Å²) in [6.07, 6.45) is 0.800. The molecule has 0 saturated carbocycles. The minimum absolute atomic E-state index is 0.364. The van der Waals surface area contributed by atoms with Crippen molar-refractivity contribution in [2.24, 2.45) is 13.0 Å². The summed E-state index contributed by atoms with van der Waals surface area (Å²) < 4.78 is 7.07. The topological polar surface area (TPSA) is 47.0 Å². The molecule has 0 atom stereocenters. The number of hydrogen-bond acceptors (Lipinski definition) is 3. The molecule has 0 unspecified atom stereocenters. The van der Waals surface area contributed by atoms with Crippen LogP contribution in [0.15, 0.2) is 0 Å². The maximum Gasteiger partial charge on any atom is 0.356 e. The van der Waals surface area contributed by atoms with Gasteiger partial charge in [0.25, 0.3) is 0 Å². The molecule has 15 heavy (non-hydrogen) atoms. The van der Waals surface area contributed by atoms with E-state index in [4.69, 9.17) is 17.0 Å². The van der Waals surface area contributed by atoms with Crippen molar-refractivity contribution < 1.29 is 9.53 Å². The van der Waals surface area contributed by atoms with Gasteiger partial charge in [-0.1, -0.05) is 13.8 Å². The summed E-state index contributed by atoms with van der Waals surface area (Å²) in [4.78, 5) is 14.3. The van der Waals surface area contributed by atoms with Crippen LogP contribution in [0.5, 0.6) is 0 Å². The van der Waals surface area contributed by atoms with Crippen molar-refractivity contribution >= 4 is 18.2 Å². The second-order valence-electron chi connectivity index (χ2n) is 3.90. The van der Waals surface area contributed by atoms with E-state index >= 15 is 0 Å². The highest BCUT2D eigenvalue weighted by molar-refractivity contribution is 7.71. The lowest BCUT2D eigenvalue weighted by Crippen LogP contribution is -2.10. The molecule has 1 N–H and O–H groups in total. The van der Waals surface area contributed by atoms with Crippen molar-refractivity contribution in [3.8, 4) is 0 Å². The van der Waals surface area contributed by atoms with Crippen LogP contribution in [-0.2, 0) is 18.2 Å². The van der Waals surface area contributed by atoms with Crippen molar-refractivity contribution in [2.75, 3.05) is 7.11 Å². The van der Waals surface area contributed by atoms with Gasteiger partial charge in [-0.15, -0.1) is 0 Å².